The monoisotopic (exact) mass is 372 g/mol. The number of hydrogen-bond acceptors (Lipinski definition) is 4. The lowest BCUT2D eigenvalue weighted by molar-refractivity contribution is -0.132. The third kappa shape index (κ3) is 3.00. The third-order valence-corrected chi connectivity index (χ3v) is 8.62. The average Bonchev–Trinajstić information content (AvgIpc) is 2.95. The fourth-order valence-corrected chi connectivity index (χ4v) is 6.88. The minimum atomic E-state index is -0.0820. The summed E-state index contributed by atoms with van der Waals surface area (Å²) >= 11 is 0. The molecular weight excluding hydrogens is 336 g/mol. The van der Waals surface area contributed by atoms with E-state index in [0.29, 0.717) is 48.0 Å². The molecule has 4 aliphatic rings. The van der Waals surface area contributed by atoms with Gasteiger partial charge in [-0.2, -0.15) is 0 Å². The molecule has 150 valence electrons. The predicted molar refractivity (Wildman–Crippen MR) is 107 cm³/mol. The van der Waals surface area contributed by atoms with Gasteiger partial charge in [0.15, 0.2) is 0 Å². The normalized spacial score (nSPS) is 43.6. The van der Waals surface area contributed by atoms with Gasteiger partial charge in [0, 0.05) is 17.5 Å². The zero-order valence-corrected chi connectivity index (χ0v) is 17.1. The fourth-order valence-electron chi connectivity index (χ4n) is 6.88. The number of nitrogens with one attached hydrogen (secondary N) is 1. The standard InChI is InChI=1S/C23H36N2O2/c1-15-13-16-14-17(25-27-12-4-11-24)7-9-22(16,2)19-8-10-23(3)18(21(15)19)5-6-20(23)26/h14,16,18-19,21,25H,1,4-13,24H2,2-3H3/t16?,18-,19+,21-,22-,23-/m0/s1. The van der Waals surface area contributed by atoms with Gasteiger partial charge in [0.1, 0.15) is 5.78 Å². The van der Waals surface area contributed by atoms with Crippen LogP contribution in [0.5, 0.6) is 0 Å². The van der Waals surface area contributed by atoms with Crippen molar-refractivity contribution >= 4 is 5.78 Å². The van der Waals surface area contributed by atoms with Crippen molar-refractivity contribution in [3.05, 3.63) is 23.9 Å². The minimum Gasteiger partial charge on any atom is -0.330 e. The smallest absolute Gasteiger partial charge is 0.139 e. The molecule has 3 N–H and O–H groups in total. The Morgan fingerprint density at radius 1 is 1.26 bits per heavy atom. The van der Waals surface area contributed by atoms with E-state index in [-0.39, 0.29) is 5.41 Å². The molecule has 0 aromatic rings. The lowest BCUT2D eigenvalue weighted by Gasteiger charge is -2.59. The number of Topliss-reactive ketones (excluding diaryl/α,β-unsaturated/α-hetero) is 1. The molecular formula is C23H36N2O2. The Hall–Kier alpha value is -1.13. The number of ketones is 1. The van der Waals surface area contributed by atoms with E-state index in [1.165, 1.54) is 24.1 Å². The second kappa shape index (κ2) is 7.04. The van der Waals surface area contributed by atoms with E-state index in [1.54, 1.807) is 0 Å². The van der Waals surface area contributed by atoms with Crippen molar-refractivity contribution in [2.45, 2.75) is 65.2 Å². The molecule has 4 nitrogen and oxygen atoms in total. The lowest BCUT2D eigenvalue weighted by Crippen LogP contribution is -2.53. The highest BCUT2D eigenvalue weighted by atomic mass is 16.6. The summed E-state index contributed by atoms with van der Waals surface area (Å²) in [7, 11) is 0. The van der Waals surface area contributed by atoms with Crippen molar-refractivity contribution < 1.29 is 9.63 Å². The summed E-state index contributed by atoms with van der Waals surface area (Å²) in [6, 6.07) is 0. The van der Waals surface area contributed by atoms with Crippen LogP contribution in [0.15, 0.2) is 23.9 Å². The molecule has 6 atom stereocenters. The highest BCUT2D eigenvalue weighted by molar-refractivity contribution is 5.87. The van der Waals surface area contributed by atoms with Crippen LogP contribution in [0, 0.1) is 34.5 Å². The second-order valence-corrected chi connectivity index (χ2v) is 9.92. The van der Waals surface area contributed by atoms with Crippen LogP contribution in [0.4, 0.5) is 0 Å². The molecule has 0 aliphatic heterocycles. The molecule has 0 spiro atoms. The maximum Gasteiger partial charge on any atom is 0.139 e. The maximum absolute atomic E-state index is 12.6. The number of hydrogen-bond donors (Lipinski definition) is 2. The Kier molecular flexibility index (Phi) is 5.00. The van der Waals surface area contributed by atoms with Crippen LogP contribution in [0.3, 0.4) is 0 Å². The second-order valence-electron chi connectivity index (χ2n) is 9.92. The molecule has 1 unspecified atom stereocenters. The highest BCUT2D eigenvalue weighted by Crippen LogP contribution is 2.66. The molecule has 0 aromatic heterocycles. The summed E-state index contributed by atoms with van der Waals surface area (Å²) in [4.78, 5) is 18.2. The molecule has 0 saturated heterocycles. The van der Waals surface area contributed by atoms with Gasteiger partial charge in [-0.15, -0.1) is 0 Å². The highest BCUT2D eigenvalue weighted by Gasteiger charge is 2.60. The van der Waals surface area contributed by atoms with Gasteiger partial charge in [-0.25, -0.2) is 0 Å². The molecule has 4 heteroatoms. The zero-order chi connectivity index (χ0) is 19.2. The summed E-state index contributed by atoms with van der Waals surface area (Å²) in [5.41, 5.74) is 11.6. The first-order valence-corrected chi connectivity index (χ1v) is 10.9. The van der Waals surface area contributed by atoms with Crippen molar-refractivity contribution in [2.75, 3.05) is 13.2 Å². The Balaban J connectivity index is 1.53. The van der Waals surface area contributed by atoms with Gasteiger partial charge in [-0.05, 0) is 80.6 Å². The van der Waals surface area contributed by atoms with Gasteiger partial charge in [-0.1, -0.05) is 32.1 Å². The number of fused-ring (bicyclic) bond motifs is 5. The van der Waals surface area contributed by atoms with E-state index >= 15 is 0 Å². The van der Waals surface area contributed by atoms with Crippen molar-refractivity contribution in [1.82, 2.24) is 5.48 Å². The van der Waals surface area contributed by atoms with Gasteiger partial charge in [0.25, 0.3) is 0 Å². The number of hydroxylamine groups is 1. The van der Waals surface area contributed by atoms with Crippen molar-refractivity contribution in [2.24, 2.45) is 40.2 Å². The Morgan fingerprint density at radius 2 is 2.07 bits per heavy atom. The quantitative estimate of drug-likeness (QED) is 0.433. The van der Waals surface area contributed by atoms with E-state index < -0.39 is 0 Å². The first-order valence-electron chi connectivity index (χ1n) is 10.9. The molecule has 3 saturated carbocycles. The van der Waals surface area contributed by atoms with E-state index in [2.05, 4.69) is 32.0 Å². The van der Waals surface area contributed by atoms with E-state index in [9.17, 15) is 4.79 Å². The maximum atomic E-state index is 12.6. The molecule has 0 bridgehead atoms. The van der Waals surface area contributed by atoms with Gasteiger partial charge >= 0.3 is 0 Å². The van der Waals surface area contributed by atoms with E-state index in [1.807, 2.05) is 0 Å². The van der Waals surface area contributed by atoms with Crippen LogP contribution in [-0.4, -0.2) is 18.9 Å². The summed E-state index contributed by atoms with van der Waals surface area (Å²) in [6.07, 6.45) is 10.7. The van der Waals surface area contributed by atoms with Gasteiger partial charge in [0.05, 0.1) is 6.61 Å². The molecule has 4 rings (SSSR count). The van der Waals surface area contributed by atoms with Gasteiger partial charge in [0.2, 0.25) is 0 Å². The Morgan fingerprint density at radius 3 is 2.85 bits per heavy atom. The predicted octanol–water partition coefficient (Wildman–Crippen LogP) is 4.13. The molecule has 0 amide bonds. The fraction of sp³-hybridized carbons (Fsp3) is 0.783. The van der Waals surface area contributed by atoms with Crippen LogP contribution in [0.1, 0.15) is 65.2 Å². The molecule has 27 heavy (non-hydrogen) atoms. The van der Waals surface area contributed by atoms with Crippen LogP contribution in [-0.2, 0) is 9.63 Å². The first kappa shape index (κ1) is 19.2. The average molecular weight is 373 g/mol. The third-order valence-electron chi connectivity index (χ3n) is 8.62. The largest absolute Gasteiger partial charge is 0.330 e. The minimum absolute atomic E-state index is 0.0820. The zero-order valence-electron chi connectivity index (χ0n) is 17.1. The number of nitrogens with two attached hydrogens (primary N) is 1. The van der Waals surface area contributed by atoms with Gasteiger partial charge in [-0.3, -0.25) is 15.1 Å². The van der Waals surface area contributed by atoms with Crippen LogP contribution in [0.2, 0.25) is 0 Å². The Labute approximate surface area is 163 Å². The molecule has 0 heterocycles. The number of allylic oxidation sites excluding steroid dienone is 3. The SMILES string of the molecule is C=C1CC2C=C(NOCCCN)CC[C@]2(C)[C@@H]2CC[C@]3(C)C(=O)CC[C@H]3[C@H]12. The van der Waals surface area contributed by atoms with Crippen LogP contribution >= 0.6 is 0 Å². The number of carbonyl (C=O) groups excluding carboxylic acids is 1. The first-order chi connectivity index (χ1) is 12.9. The summed E-state index contributed by atoms with van der Waals surface area (Å²) in [5.74, 6) is 2.78. The van der Waals surface area contributed by atoms with E-state index in [0.717, 1.165) is 38.5 Å². The van der Waals surface area contributed by atoms with Crippen LogP contribution in [0.25, 0.3) is 0 Å². The summed E-state index contributed by atoms with van der Waals surface area (Å²) in [5, 5.41) is 0. The van der Waals surface area contributed by atoms with E-state index in [4.69, 9.17) is 10.6 Å². The lowest BCUT2D eigenvalue weighted by atomic mass is 9.45. The summed E-state index contributed by atoms with van der Waals surface area (Å²) in [6.45, 7) is 10.6. The number of rotatable bonds is 5. The van der Waals surface area contributed by atoms with Crippen molar-refractivity contribution in [3.8, 4) is 0 Å². The van der Waals surface area contributed by atoms with Crippen molar-refractivity contribution in [1.29, 1.82) is 0 Å². The molecule has 4 aliphatic carbocycles. The molecule has 0 aromatic carbocycles. The number of carbonyl (C=O) groups is 1. The molecule has 0 radical (unpaired) electrons. The summed E-state index contributed by atoms with van der Waals surface area (Å²) < 4.78 is 0. The topological polar surface area (TPSA) is 64.3 Å². The van der Waals surface area contributed by atoms with Gasteiger partial charge < -0.3 is 5.73 Å². The molecule has 3 fully saturated rings. The van der Waals surface area contributed by atoms with Crippen molar-refractivity contribution in [3.63, 3.8) is 0 Å². The van der Waals surface area contributed by atoms with Crippen LogP contribution < -0.4 is 11.2 Å². The Bertz CT molecular complexity index is 657.